The van der Waals surface area contributed by atoms with Gasteiger partial charge in [0.05, 0.1) is 5.02 Å². The number of hydrogen-bond donors (Lipinski definition) is 1. The van der Waals surface area contributed by atoms with E-state index in [0.29, 0.717) is 24.8 Å². The number of benzene rings is 2. The van der Waals surface area contributed by atoms with Gasteiger partial charge in [-0.2, -0.15) is 0 Å². The van der Waals surface area contributed by atoms with Crippen molar-refractivity contribution in [2.24, 2.45) is 5.73 Å². The Labute approximate surface area is 121 Å². The smallest absolute Gasteiger partial charge is 0.145 e. The maximum Gasteiger partial charge on any atom is 0.145 e. The van der Waals surface area contributed by atoms with Crippen LogP contribution in [0, 0.1) is 11.6 Å². The molecule has 0 fully saturated rings. The lowest BCUT2D eigenvalue weighted by Gasteiger charge is -2.26. The fraction of sp³-hybridized carbons (Fsp3) is 0.250. The minimum atomic E-state index is -0.658. The van der Waals surface area contributed by atoms with E-state index in [1.54, 1.807) is 18.2 Å². The SMILES string of the molecule is NC1(Cc2cccc(Cl)c2F)CCc2cc(F)ccc21. The molecule has 0 aliphatic heterocycles. The van der Waals surface area contributed by atoms with E-state index in [4.69, 9.17) is 17.3 Å². The summed E-state index contributed by atoms with van der Waals surface area (Å²) >= 11 is 5.80. The zero-order valence-corrected chi connectivity index (χ0v) is 11.6. The van der Waals surface area contributed by atoms with Crippen LogP contribution >= 0.6 is 11.6 Å². The van der Waals surface area contributed by atoms with Crippen molar-refractivity contribution in [3.05, 3.63) is 69.7 Å². The van der Waals surface area contributed by atoms with Crippen LogP contribution in [0.15, 0.2) is 36.4 Å². The van der Waals surface area contributed by atoms with E-state index >= 15 is 0 Å². The minimum absolute atomic E-state index is 0.100. The summed E-state index contributed by atoms with van der Waals surface area (Å²) < 4.78 is 27.3. The van der Waals surface area contributed by atoms with Crippen molar-refractivity contribution >= 4 is 11.6 Å². The molecule has 2 aromatic rings. The first kappa shape index (κ1) is 13.5. The highest BCUT2D eigenvalue weighted by atomic mass is 35.5. The van der Waals surface area contributed by atoms with E-state index in [0.717, 1.165) is 11.1 Å². The summed E-state index contributed by atoms with van der Waals surface area (Å²) in [7, 11) is 0. The number of aryl methyl sites for hydroxylation is 1. The Morgan fingerprint density at radius 3 is 2.80 bits per heavy atom. The van der Waals surface area contributed by atoms with Crippen LogP contribution in [-0.4, -0.2) is 0 Å². The molecule has 2 aromatic carbocycles. The molecule has 0 saturated heterocycles. The lowest BCUT2D eigenvalue weighted by Crippen LogP contribution is -2.36. The Morgan fingerprint density at radius 1 is 1.20 bits per heavy atom. The average molecular weight is 294 g/mol. The Balaban J connectivity index is 1.98. The van der Waals surface area contributed by atoms with Gasteiger partial charge < -0.3 is 5.73 Å². The van der Waals surface area contributed by atoms with E-state index in [-0.39, 0.29) is 10.8 Å². The fourth-order valence-corrected chi connectivity index (χ4v) is 3.15. The molecule has 0 spiro atoms. The molecule has 0 heterocycles. The number of rotatable bonds is 2. The molecule has 0 amide bonds. The van der Waals surface area contributed by atoms with Crippen molar-refractivity contribution in [3.63, 3.8) is 0 Å². The first-order valence-electron chi connectivity index (χ1n) is 6.50. The van der Waals surface area contributed by atoms with Gasteiger partial charge in [0.2, 0.25) is 0 Å². The molecule has 0 radical (unpaired) electrons. The number of nitrogens with two attached hydrogens (primary N) is 1. The lowest BCUT2D eigenvalue weighted by atomic mass is 9.86. The lowest BCUT2D eigenvalue weighted by molar-refractivity contribution is 0.429. The van der Waals surface area contributed by atoms with E-state index in [1.807, 2.05) is 0 Å². The second-order valence-corrected chi connectivity index (χ2v) is 5.75. The third-order valence-electron chi connectivity index (χ3n) is 3.98. The van der Waals surface area contributed by atoms with Gasteiger partial charge in [-0.05, 0) is 54.2 Å². The summed E-state index contributed by atoms with van der Waals surface area (Å²) in [5.41, 5.74) is 8.09. The van der Waals surface area contributed by atoms with E-state index in [2.05, 4.69) is 0 Å². The van der Waals surface area contributed by atoms with Gasteiger partial charge in [0.1, 0.15) is 11.6 Å². The normalized spacial score (nSPS) is 21.0. The first-order chi connectivity index (χ1) is 9.49. The molecule has 4 heteroatoms. The molecule has 1 aliphatic carbocycles. The van der Waals surface area contributed by atoms with Crippen LogP contribution in [0.25, 0.3) is 0 Å². The van der Waals surface area contributed by atoms with Crippen molar-refractivity contribution in [2.45, 2.75) is 24.8 Å². The number of hydrogen-bond acceptors (Lipinski definition) is 1. The Hall–Kier alpha value is -1.45. The summed E-state index contributed by atoms with van der Waals surface area (Å²) in [6.45, 7) is 0. The third-order valence-corrected chi connectivity index (χ3v) is 4.27. The van der Waals surface area contributed by atoms with Crippen molar-refractivity contribution in [2.75, 3.05) is 0 Å². The number of halogens is 3. The maximum absolute atomic E-state index is 14.0. The van der Waals surface area contributed by atoms with Gasteiger partial charge in [-0.3, -0.25) is 0 Å². The van der Waals surface area contributed by atoms with Crippen LogP contribution in [0.4, 0.5) is 8.78 Å². The second-order valence-electron chi connectivity index (χ2n) is 5.35. The molecule has 1 unspecified atom stereocenters. The quantitative estimate of drug-likeness (QED) is 0.891. The molecule has 104 valence electrons. The topological polar surface area (TPSA) is 26.0 Å². The summed E-state index contributed by atoms with van der Waals surface area (Å²) in [6, 6.07) is 9.54. The van der Waals surface area contributed by atoms with E-state index in [1.165, 1.54) is 18.2 Å². The highest BCUT2D eigenvalue weighted by Gasteiger charge is 2.36. The van der Waals surface area contributed by atoms with Crippen LogP contribution in [0.5, 0.6) is 0 Å². The van der Waals surface area contributed by atoms with Gasteiger partial charge in [0, 0.05) is 5.54 Å². The standard InChI is InChI=1S/C16H14ClF2N/c17-14-3-1-2-11(15(14)19)9-16(20)7-6-10-8-12(18)4-5-13(10)16/h1-5,8H,6-7,9,20H2. The highest BCUT2D eigenvalue weighted by Crippen LogP contribution is 2.38. The predicted octanol–water partition coefficient (Wildman–Crippen LogP) is 3.96. The Bertz CT molecular complexity index is 672. The molecule has 1 atom stereocenters. The van der Waals surface area contributed by atoms with Gasteiger partial charge in [-0.15, -0.1) is 0 Å². The molecule has 20 heavy (non-hydrogen) atoms. The van der Waals surface area contributed by atoms with Crippen LogP contribution in [-0.2, 0) is 18.4 Å². The Morgan fingerprint density at radius 2 is 2.00 bits per heavy atom. The second kappa shape index (κ2) is 4.83. The third kappa shape index (κ3) is 2.21. The van der Waals surface area contributed by atoms with Crippen molar-refractivity contribution in [3.8, 4) is 0 Å². The van der Waals surface area contributed by atoms with Gasteiger partial charge >= 0.3 is 0 Å². The predicted molar refractivity (Wildman–Crippen MR) is 75.7 cm³/mol. The molecule has 1 aliphatic rings. The van der Waals surface area contributed by atoms with Gasteiger partial charge in [0.25, 0.3) is 0 Å². The van der Waals surface area contributed by atoms with Crippen molar-refractivity contribution in [1.29, 1.82) is 0 Å². The molecule has 2 N–H and O–H groups in total. The summed E-state index contributed by atoms with van der Waals surface area (Å²) in [5.74, 6) is -0.684. The number of fused-ring (bicyclic) bond motifs is 1. The largest absolute Gasteiger partial charge is 0.321 e. The fourth-order valence-electron chi connectivity index (χ4n) is 2.96. The van der Waals surface area contributed by atoms with Gasteiger partial charge in [-0.1, -0.05) is 29.8 Å². The van der Waals surface area contributed by atoms with Gasteiger partial charge in [-0.25, -0.2) is 8.78 Å². The Kier molecular flexibility index (Phi) is 3.27. The molecular weight excluding hydrogens is 280 g/mol. The maximum atomic E-state index is 14.0. The first-order valence-corrected chi connectivity index (χ1v) is 6.88. The molecule has 3 rings (SSSR count). The van der Waals surface area contributed by atoms with Crippen LogP contribution in [0.1, 0.15) is 23.1 Å². The van der Waals surface area contributed by atoms with E-state index in [9.17, 15) is 8.78 Å². The van der Waals surface area contributed by atoms with Crippen molar-refractivity contribution in [1.82, 2.24) is 0 Å². The van der Waals surface area contributed by atoms with E-state index < -0.39 is 11.4 Å². The van der Waals surface area contributed by atoms with Crippen molar-refractivity contribution < 1.29 is 8.78 Å². The highest BCUT2D eigenvalue weighted by molar-refractivity contribution is 6.30. The monoisotopic (exact) mass is 293 g/mol. The molecular formula is C16H14ClF2N. The zero-order valence-electron chi connectivity index (χ0n) is 10.8. The summed E-state index contributed by atoms with van der Waals surface area (Å²) in [5, 5.41) is 0.100. The molecule has 1 nitrogen and oxygen atoms in total. The summed E-state index contributed by atoms with van der Waals surface area (Å²) in [6.07, 6.45) is 1.75. The average Bonchev–Trinajstić information content (AvgIpc) is 2.72. The molecule has 0 saturated carbocycles. The van der Waals surface area contributed by atoms with Gasteiger partial charge in [0.15, 0.2) is 0 Å². The molecule has 0 aromatic heterocycles. The van der Waals surface area contributed by atoms with Crippen LogP contribution in [0.3, 0.4) is 0 Å². The zero-order chi connectivity index (χ0) is 14.3. The summed E-state index contributed by atoms with van der Waals surface area (Å²) in [4.78, 5) is 0. The molecule has 0 bridgehead atoms. The minimum Gasteiger partial charge on any atom is -0.321 e. The van der Waals surface area contributed by atoms with Crippen LogP contribution < -0.4 is 5.73 Å². The van der Waals surface area contributed by atoms with Crippen LogP contribution in [0.2, 0.25) is 5.02 Å².